The van der Waals surface area contributed by atoms with E-state index in [1.54, 1.807) is 32.7 Å². The minimum Gasteiger partial charge on any atom is -0.339 e. The lowest BCUT2D eigenvalue weighted by Gasteiger charge is -2.35. The summed E-state index contributed by atoms with van der Waals surface area (Å²) in [5.41, 5.74) is 3.58. The summed E-state index contributed by atoms with van der Waals surface area (Å²) in [6, 6.07) is 23.1. The molecule has 3 aromatic carbocycles. The highest BCUT2D eigenvalue weighted by Crippen LogP contribution is 2.49. The van der Waals surface area contributed by atoms with Crippen LogP contribution in [0.2, 0.25) is 5.02 Å². The van der Waals surface area contributed by atoms with E-state index in [4.69, 9.17) is 16.7 Å². The quantitative estimate of drug-likeness (QED) is 0.308. The predicted octanol–water partition coefficient (Wildman–Crippen LogP) is 5.19. The van der Waals surface area contributed by atoms with E-state index in [1.165, 1.54) is 35.7 Å². The predicted molar refractivity (Wildman–Crippen MR) is 166 cm³/mol. The lowest BCUT2D eigenvalue weighted by atomic mass is 9.99. The van der Waals surface area contributed by atoms with E-state index < -0.39 is 0 Å². The first-order valence-corrected chi connectivity index (χ1v) is 15.4. The fraction of sp³-hybridized carbons (Fsp3) is 0.250. The van der Waals surface area contributed by atoms with Crippen LogP contribution < -0.4 is 4.90 Å². The minimum absolute atomic E-state index is 0.0274. The summed E-state index contributed by atoms with van der Waals surface area (Å²) in [6.07, 6.45) is 0. The highest BCUT2D eigenvalue weighted by atomic mass is 35.5. The van der Waals surface area contributed by atoms with Crippen molar-refractivity contribution < 1.29 is 18.8 Å². The van der Waals surface area contributed by atoms with Crippen molar-refractivity contribution in [1.29, 1.82) is 0 Å². The SMILES string of the molecule is CC(=O)N1CCN(C(=O)CN2C(=O)CS[C@@H](c3ccc(F)cc3)c3c(-c4ccccc4)nn(-c4ccccc4Cl)c32)CC1. The number of carbonyl (C=O) groups is 3. The number of halogens is 2. The summed E-state index contributed by atoms with van der Waals surface area (Å²) in [6.45, 7) is 2.98. The number of carbonyl (C=O) groups excluding carboxylic acids is 3. The molecule has 1 fully saturated rings. The van der Waals surface area contributed by atoms with E-state index in [-0.39, 0.29) is 41.1 Å². The molecule has 43 heavy (non-hydrogen) atoms. The summed E-state index contributed by atoms with van der Waals surface area (Å²) in [5.74, 6) is -0.308. The maximum Gasteiger partial charge on any atom is 0.242 e. The number of anilines is 1. The Morgan fingerprint density at radius 2 is 1.58 bits per heavy atom. The van der Waals surface area contributed by atoms with Crippen LogP contribution in [0.25, 0.3) is 16.9 Å². The first-order chi connectivity index (χ1) is 20.8. The van der Waals surface area contributed by atoms with Crippen molar-refractivity contribution in [3.05, 3.63) is 101 Å². The van der Waals surface area contributed by atoms with Crippen molar-refractivity contribution >= 4 is 46.9 Å². The van der Waals surface area contributed by atoms with Gasteiger partial charge in [0.1, 0.15) is 18.2 Å². The second-order valence-corrected chi connectivity index (χ2v) is 11.9. The van der Waals surface area contributed by atoms with Gasteiger partial charge in [-0.15, -0.1) is 11.8 Å². The molecule has 0 N–H and O–H groups in total. The number of para-hydroxylation sites is 1. The Bertz CT molecular complexity index is 1670. The lowest BCUT2D eigenvalue weighted by Crippen LogP contribution is -2.53. The number of amides is 3. The van der Waals surface area contributed by atoms with Crippen LogP contribution in [-0.2, 0) is 14.4 Å². The van der Waals surface area contributed by atoms with Crippen LogP contribution >= 0.6 is 23.4 Å². The van der Waals surface area contributed by atoms with Crippen LogP contribution in [0.4, 0.5) is 10.2 Å². The molecule has 3 amide bonds. The van der Waals surface area contributed by atoms with Gasteiger partial charge in [0.25, 0.3) is 0 Å². The van der Waals surface area contributed by atoms with Gasteiger partial charge < -0.3 is 9.80 Å². The average molecular weight is 618 g/mol. The number of rotatable bonds is 5. The van der Waals surface area contributed by atoms with Crippen LogP contribution in [0, 0.1) is 5.82 Å². The van der Waals surface area contributed by atoms with Gasteiger partial charge in [-0.2, -0.15) is 5.10 Å². The first kappa shape index (κ1) is 28.9. The number of hydrogen-bond acceptors (Lipinski definition) is 5. The zero-order valence-electron chi connectivity index (χ0n) is 23.5. The Labute approximate surface area is 258 Å². The molecule has 0 radical (unpaired) electrons. The number of nitrogens with zero attached hydrogens (tertiary/aromatic N) is 5. The van der Waals surface area contributed by atoms with E-state index in [2.05, 4.69) is 0 Å². The Balaban J connectivity index is 1.52. The summed E-state index contributed by atoms with van der Waals surface area (Å²) in [5, 5.41) is 5.09. The summed E-state index contributed by atoms with van der Waals surface area (Å²) >= 11 is 8.12. The molecular weight excluding hydrogens is 589 g/mol. The molecule has 220 valence electrons. The van der Waals surface area contributed by atoms with Crippen LogP contribution in [0.15, 0.2) is 78.9 Å². The molecule has 1 saturated heterocycles. The Hall–Kier alpha value is -4.15. The average Bonchev–Trinajstić information content (AvgIpc) is 3.34. The van der Waals surface area contributed by atoms with Crippen molar-refractivity contribution in [2.24, 2.45) is 0 Å². The number of thioether (sulfide) groups is 1. The lowest BCUT2D eigenvalue weighted by molar-refractivity contribution is -0.137. The Morgan fingerprint density at radius 1 is 0.930 bits per heavy atom. The normalized spacial score (nSPS) is 17.0. The molecule has 1 aromatic heterocycles. The van der Waals surface area contributed by atoms with E-state index in [0.717, 1.165) is 16.7 Å². The van der Waals surface area contributed by atoms with Crippen LogP contribution in [-0.4, -0.2) is 75.8 Å². The van der Waals surface area contributed by atoms with Crippen LogP contribution in [0.5, 0.6) is 0 Å². The molecule has 0 saturated carbocycles. The molecule has 2 aliphatic heterocycles. The van der Waals surface area contributed by atoms with Gasteiger partial charge in [-0.25, -0.2) is 9.07 Å². The summed E-state index contributed by atoms with van der Waals surface area (Å²) in [4.78, 5) is 44.4. The number of fused-ring (bicyclic) bond motifs is 1. The van der Waals surface area contributed by atoms with Crippen molar-refractivity contribution in [2.45, 2.75) is 12.2 Å². The van der Waals surface area contributed by atoms with Gasteiger partial charge in [0, 0.05) is 44.2 Å². The van der Waals surface area contributed by atoms with Crippen molar-refractivity contribution in [1.82, 2.24) is 19.6 Å². The molecule has 3 heterocycles. The van der Waals surface area contributed by atoms with Crippen molar-refractivity contribution in [2.75, 3.05) is 43.4 Å². The topological polar surface area (TPSA) is 78.8 Å². The third-order valence-electron chi connectivity index (χ3n) is 7.76. The zero-order chi connectivity index (χ0) is 30.1. The molecule has 2 aliphatic rings. The van der Waals surface area contributed by atoms with Crippen LogP contribution in [0.3, 0.4) is 0 Å². The molecule has 0 aliphatic carbocycles. The maximum absolute atomic E-state index is 14.0. The smallest absolute Gasteiger partial charge is 0.242 e. The maximum atomic E-state index is 14.0. The van der Waals surface area contributed by atoms with E-state index in [1.807, 2.05) is 48.5 Å². The molecule has 0 unspecified atom stereocenters. The van der Waals surface area contributed by atoms with Gasteiger partial charge in [0.2, 0.25) is 17.7 Å². The first-order valence-electron chi connectivity index (χ1n) is 14.0. The largest absolute Gasteiger partial charge is 0.339 e. The monoisotopic (exact) mass is 617 g/mol. The molecule has 0 spiro atoms. The number of benzene rings is 3. The van der Waals surface area contributed by atoms with Gasteiger partial charge >= 0.3 is 0 Å². The fourth-order valence-electron chi connectivity index (χ4n) is 5.53. The zero-order valence-corrected chi connectivity index (χ0v) is 25.0. The summed E-state index contributed by atoms with van der Waals surface area (Å²) in [7, 11) is 0. The van der Waals surface area contributed by atoms with Crippen molar-refractivity contribution in [3.63, 3.8) is 0 Å². The molecule has 4 aromatic rings. The van der Waals surface area contributed by atoms with E-state index >= 15 is 0 Å². The minimum atomic E-state index is -0.384. The van der Waals surface area contributed by atoms with Gasteiger partial charge in [-0.05, 0) is 29.8 Å². The molecule has 1 atom stereocenters. The second-order valence-electron chi connectivity index (χ2n) is 10.4. The van der Waals surface area contributed by atoms with Gasteiger partial charge in [0.15, 0.2) is 0 Å². The Morgan fingerprint density at radius 3 is 2.26 bits per heavy atom. The standard InChI is InChI=1S/C32H29ClFN5O3S/c1-21(40)36-15-17-37(18-16-36)27(41)19-38-28(42)20-43-31(23-11-13-24(34)14-12-23)29-30(22-7-3-2-4-8-22)35-39(32(29)38)26-10-6-5-9-25(26)33/h2-14,31H,15-20H2,1H3/t31-/m0/s1. The third kappa shape index (κ3) is 5.77. The van der Waals surface area contributed by atoms with Crippen LogP contribution in [0.1, 0.15) is 23.3 Å². The third-order valence-corrected chi connectivity index (χ3v) is 9.34. The van der Waals surface area contributed by atoms with Gasteiger partial charge in [0.05, 0.1) is 27.4 Å². The highest BCUT2D eigenvalue weighted by molar-refractivity contribution is 8.00. The Kier molecular flexibility index (Phi) is 8.23. The van der Waals surface area contributed by atoms with Gasteiger partial charge in [-0.1, -0.05) is 66.2 Å². The fourth-order valence-corrected chi connectivity index (χ4v) is 6.94. The molecule has 8 nitrogen and oxygen atoms in total. The molecule has 0 bridgehead atoms. The number of hydrogen-bond donors (Lipinski definition) is 0. The molecule has 11 heteroatoms. The van der Waals surface area contributed by atoms with Crippen molar-refractivity contribution in [3.8, 4) is 16.9 Å². The summed E-state index contributed by atoms with van der Waals surface area (Å²) < 4.78 is 15.6. The van der Waals surface area contributed by atoms with E-state index in [0.29, 0.717) is 48.4 Å². The van der Waals surface area contributed by atoms with E-state index in [9.17, 15) is 18.8 Å². The molecular formula is C32H29ClFN5O3S. The molecule has 6 rings (SSSR count). The number of piperazine rings is 1. The van der Waals surface area contributed by atoms with Gasteiger partial charge in [-0.3, -0.25) is 19.3 Å². The highest BCUT2D eigenvalue weighted by Gasteiger charge is 2.38. The number of aromatic nitrogens is 2. The second kappa shape index (κ2) is 12.2.